The molecule has 0 aliphatic carbocycles. The van der Waals surface area contributed by atoms with Gasteiger partial charge in [0.25, 0.3) is 6.04 Å². The Morgan fingerprint density at radius 2 is 1.57 bits per heavy atom. The monoisotopic (exact) mass is 306 g/mol. The molecule has 3 rings (SSSR count). The van der Waals surface area contributed by atoms with Gasteiger partial charge < -0.3 is 0 Å². The predicted octanol–water partition coefficient (Wildman–Crippen LogP) is 3.21. The van der Waals surface area contributed by atoms with E-state index >= 15 is 0 Å². The van der Waals surface area contributed by atoms with E-state index in [2.05, 4.69) is 15.2 Å². The van der Waals surface area contributed by atoms with E-state index in [-0.39, 0.29) is 4.92 Å². The second-order valence-corrected chi connectivity index (χ2v) is 5.07. The summed E-state index contributed by atoms with van der Waals surface area (Å²) in [5, 5.41) is 19.7. The van der Waals surface area contributed by atoms with E-state index in [1.54, 1.807) is 31.2 Å². The van der Waals surface area contributed by atoms with E-state index in [1.807, 2.05) is 36.4 Å². The number of hydrogen-bond donors (Lipinski definition) is 0. The zero-order valence-corrected chi connectivity index (χ0v) is 12.5. The molecule has 23 heavy (non-hydrogen) atoms. The van der Waals surface area contributed by atoms with Crippen molar-refractivity contribution in [2.45, 2.75) is 13.0 Å². The van der Waals surface area contributed by atoms with Gasteiger partial charge in [0.15, 0.2) is 5.82 Å². The van der Waals surface area contributed by atoms with E-state index < -0.39 is 6.04 Å². The Bertz CT molecular complexity index is 823. The van der Waals surface area contributed by atoms with Crippen molar-refractivity contribution in [2.24, 2.45) is 0 Å². The molecule has 0 aliphatic heterocycles. The van der Waals surface area contributed by atoms with Crippen LogP contribution < -0.4 is 0 Å². The topological polar surface area (TPSA) is 81.8 Å². The molecule has 3 aromatic rings. The Morgan fingerprint density at radius 3 is 2.17 bits per heavy atom. The first-order chi connectivity index (χ1) is 11.2. The summed E-state index contributed by atoms with van der Waals surface area (Å²) >= 11 is 0. The van der Waals surface area contributed by atoms with Crippen molar-refractivity contribution in [2.75, 3.05) is 0 Å². The lowest BCUT2D eigenvalue weighted by Gasteiger charge is -2.11. The Balaban J connectivity index is 2.12. The zero-order chi connectivity index (χ0) is 16.2. The molecule has 0 spiro atoms. The number of rotatable bonds is 4. The zero-order valence-electron chi connectivity index (χ0n) is 12.5. The number of hydrogen-bond acceptors (Lipinski definition) is 5. The number of aromatic nitrogens is 3. The molecule has 0 saturated heterocycles. The third-order valence-electron chi connectivity index (χ3n) is 3.51. The summed E-state index contributed by atoms with van der Waals surface area (Å²) in [6.45, 7) is 1.68. The van der Waals surface area contributed by atoms with Gasteiger partial charge in [0.2, 0.25) is 0 Å². The molecule has 1 atom stereocenters. The molecule has 2 aromatic carbocycles. The lowest BCUT2D eigenvalue weighted by molar-refractivity contribution is -0.518. The summed E-state index contributed by atoms with van der Waals surface area (Å²) in [7, 11) is 0. The van der Waals surface area contributed by atoms with Crippen molar-refractivity contribution in [3.63, 3.8) is 0 Å². The van der Waals surface area contributed by atoms with Crippen LogP contribution in [0.3, 0.4) is 0 Å². The molecule has 1 aromatic heterocycles. The fourth-order valence-electron chi connectivity index (χ4n) is 2.37. The highest BCUT2D eigenvalue weighted by Crippen LogP contribution is 2.26. The van der Waals surface area contributed by atoms with Gasteiger partial charge in [-0.05, 0) is 6.92 Å². The second-order valence-electron chi connectivity index (χ2n) is 5.07. The molecule has 1 heterocycles. The van der Waals surface area contributed by atoms with E-state index in [4.69, 9.17) is 0 Å². The van der Waals surface area contributed by atoms with Crippen molar-refractivity contribution in [1.29, 1.82) is 0 Å². The Morgan fingerprint density at radius 1 is 0.957 bits per heavy atom. The molecular formula is C17H14N4O2. The normalized spacial score (nSPS) is 11.9. The summed E-state index contributed by atoms with van der Waals surface area (Å²) in [5.41, 5.74) is 2.11. The van der Waals surface area contributed by atoms with Crippen molar-refractivity contribution >= 4 is 0 Å². The minimum Gasteiger partial charge on any atom is -0.263 e. The Hall–Kier alpha value is -3.15. The van der Waals surface area contributed by atoms with E-state index in [0.29, 0.717) is 22.8 Å². The average molecular weight is 306 g/mol. The van der Waals surface area contributed by atoms with Crippen LogP contribution in [0.4, 0.5) is 0 Å². The molecule has 0 aliphatic rings. The summed E-state index contributed by atoms with van der Waals surface area (Å²) in [6, 6.07) is 17.0. The molecule has 6 nitrogen and oxygen atoms in total. The third-order valence-corrected chi connectivity index (χ3v) is 3.51. The summed E-state index contributed by atoms with van der Waals surface area (Å²) in [6.07, 6.45) is 0. The largest absolute Gasteiger partial charge is 0.281 e. The summed E-state index contributed by atoms with van der Waals surface area (Å²) < 4.78 is 0. The maximum atomic E-state index is 11.6. The van der Waals surface area contributed by atoms with Gasteiger partial charge in [-0.3, -0.25) is 10.1 Å². The smallest absolute Gasteiger partial charge is 0.263 e. The van der Waals surface area contributed by atoms with Crippen LogP contribution in [-0.4, -0.2) is 20.1 Å². The number of nitro groups is 1. The highest BCUT2D eigenvalue weighted by molar-refractivity contribution is 5.54. The minimum atomic E-state index is -1.06. The van der Waals surface area contributed by atoms with Crippen molar-refractivity contribution in [3.05, 3.63) is 87.7 Å². The molecule has 114 valence electrons. The Labute approximate surface area is 133 Å². The SMILES string of the molecule is Cc1nnc(-c2ccccc2)nc1C(c1ccccc1)[N+](=O)[O-]. The Kier molecular flexibility index (Phi) is 4.05. The molecule has 0 fully saturated rings. The first kappa shape index (κ1) is 14.8. The highest BCUT2D eigenvalue weighted by atomic mass is 16.6. The van der Waals surface area contributed by atoms with Gasteiger partial charge in [0, 0.05) is 16.1 Å². The molecule has 0 N–H and O–H groups in total. The van der Waals surface area contributed by atoms with Crippen LogP contribution in [0.1, 0.15) is 23.0 Å². The van der Waals surface area contributed by atoms with Crippen molar-refractivity contribution < 1.29 is 4.92 Å². The van der Waals surface area contributed by atoms with E-state index in [1.165, 1.54) is 0 Å². The molecule has 1 unspecified atom stereocenters. The predicted molar refractivity (Wildman–Crippen MR) is 85.3 cm³/mol. The second kappa shape index (κ2) is 6.31. The number of aryl methyl sites for hydroxylation is 1. The van der Waals surface area contributed by atoms with Crippen LogP contribution in [0.5, 0.6) is 0 Å². The molecule has 0 saturated carbocycles. The fraction of sp³-hybridized carbons (Fsp3) is 0.118. The highest BCUT2D eigenvalue weighted by Gasteiger charge is 2.30. The first-order valence-electron chi connectivity index (χ1n) is 7.12. The molecule has 0 bridgehead atoms. The van der Waals surface area contributed by atoms with E-state index in [0.717, 1.165) is 5.56 Å². The molecular weight excluding hydrogens is 292 g/mol. The number of nitrogens with zero attached hydrogens (tertiary/aromatic N) is 4. The van der Waals surface area contributed by atoms with Crippen molar-refractivity contribution in [3.8, 4) is 11.4 Å². The van der Waals surface area contributed by atoms with Crippen LogP contribution in [0, 0.1) is 17.0 Å². The number of benzene rings is 2. The van der Waals surface area contributed by atoms with E-state index in [9.17, 15) is 10.1 Å². The van der Waals surface area contributed by atoms with Crippen LogP contribution in [0.15, 0.2) is 60.7 Å². The lowest BCUT2D eigenvalue weighted by atomic mass is 10.0. The third kappa shape index (κ3) is 3.06. The van der Waals surface area contributed by atoms with Gasteiger partial charge >= 0.3 is 0 Å². The van der Waals surface area contributed by atoms with Gasteiger partial charge in [-0.2, -0.15) is 5.10 Å². The van der Waals surface area contributed by atoms with Gasteiger partial charge in [-0.1, -0.05) is 60.7 Å². The molecule has 6 heteroatoms. The van der Waals surface area contributed by atoms with Gasteiger partial charge in [-0.25, -0.2) is 4.98 Å². The first-order valence-corrected chi connectivity index (χ1v) is 7.12. The summed E-state index contributed by atoms with van der Waals surface area (Å²) in [4.78, 5) is 15.7. The van der Waals surface area contributed by atoms with Crippen LogP contribution in [0.25, 0.3) is 11.4 Å². The van der Waals surface area contributed by atoms with Crippen LogP contribution in [-0.2, 0) is 0 Å². The standard InChI is InChI=1S/C17H14N4O2/c1-12-15(16(21(22)23)13-8-4-2-5-9-13)18-17(20-19-12)14-10-6-3-7-11-14/h2-11,16H,1H3. The van der Waals surface area contributed by atoms with Crippen LogP contribution >= 0.6 is 0 Å². The maximum Gasteiger partial charge on any atom is 0.281 e. The fourth-order valence-corrected chi connectivity index (χ4v) is 2.37. The quantitative estimate of drug-likeness (QED) is 0.546. The average Bonchev–Trinajstić information content (AvgIpc) is 2.58. The lowest BCUT2D eigenvalue weighted by Crippen LogP contribution is -2.17. The minimum absolute atomic E-state index is 0.315. The van der Waals surface area contributed by atoms with Crippen LogP contribution in [0.2, 0.25) is 0 Å². The van der Waals surface area contributed by atoms with Crippen molar-refractivity contribution in [1.82, 2.24) is 15.2 Å². The molecule has 0 radical (unpaired) electrons. The van der Waals surface area contributed by atoms with Gasteiger partial charge in [-0.15, -0.1) is 5.10 Å². The van der Waals surface area contributed by atoms with Gasteiger partial charge in [0.05, 0.1) is 5.69 Å². The summed E-state index contributed by atoms with van der Waals surface area (Å²) in [5.74, 6) is 0.383. The van der Waals surface area contributed by atoms with Gasteiger partial charge in [0.1, 0.15) is 5.69 Å². The maximum absolute atomic E-state index is 11.6. The molecule has 0 amide bonds.